The Hall–Kier alpha value is -2.34. The minimum absolute atomic E-state index is 0.341. The quantitative estimate of drug-likeness (QED) is 0.836. The van der Waals surface area contributed by atoms with Crippen molar-refractivity contribution in [2.45, 2.75) is 40.2 Å². The van der Waals surface area contributed by atoms with Gasteiger partial charge in [0.25, 0.3) is 0 Å². The first-order chi connectivity index (χ1) is 12.1. The molecule has 0 spiro atoms. The van der Waals surface area contributed by atoms with Crippen LogP contribution in [0.25, 0.3) is 0 Å². The van der Waals surface area contributed by atoms with Crippen molar-refractivity contribution in [3.8, 4) is 0 Å². The predicted octanol–water partition coefficient (Wildman–Crippen LogP) is 3.80. The summed E-state index contributed by atoms with van der Waals surface area (Å²) in [6.07, 6.45) is 1.48. The molecule has 0 heterocycles. The lowest BCUT2D eigenvalue weighted by Crippen LogP contribution is -2.47. The molecule has 0 unspecified atom stereocenters. The van der Waals surface area contributed by atoms with Crippen LogP contribution in [0, 0.1) is 20.8 Å². The van der Waals surface area contributed by atoms with Gasteiger partial charge in [-0.1, -0.05) is 36.8 Å². The van der Waals surface area contributed by atoms with Gasteiger partial charge in [0.1, 0.15) is 6.04 Å². The van der Waals surface area contributed by atoms with Gasteiger partial charge in [0.15, 0.2) is 0 Å². The molecule has 1 amide bonds. The molecule has 2 aromatic carbocycles. The molecule has 0 saturated heterocycles. The molecule has 0 aliphatic carbocycles. The number of hydrogen-bond donors (Lipinski definition) is 1. The normalized spacial score (nSPS) is 12.5. The summed E-state index contributed by atoms with van der Waals surface area (Å²) >= 11 is 0. The standard InChI is InChI=1S/C20H26N2O3S/c1-6-19(20(23)21-18-9-7-8-15(3)16(18)4)22(26(5,24)25)17-12-10-14(2)11-13-17/h7-13,19H,6H2,1-5H3,(H,21,23)/t19-/m0/s1. The minimum Gasteiger partial charge on any atom is -0.324 e. The topological polar surface area (TPSA) is 66.5 Å². The number of anilines is 2. The third kappa shape index (κ3) is 4.43. The van der Waals surface area contributed by atoms with Crippen LogP contribution in [0.2, 0.25) is 0 Å². The number of carbonyl (C=O) groups excluding carboxylic acids is 1. The Morgan fingerprint density at radius 3 is 2.23 bits per heavy atom. The van der Waals surface area contributed by atoms with Crippen molar-refractivity contribution in [3.63, 3.8) is 0 Å². The van der Waals surface area contributed by atoms with Crippen molar-refractivity contribution in [1.82, 2.24) is 0 Å². The molecule has 0 aromatic heterocycles. The number of nitrogens with zero attached hydrogens (tertiary/aromatic N) is 1. The second-order valence-corrected chi connectivity index (χ2v) is 8.41. The highest BCUT2D eigenvalue weighted by Crippen LogP contribution is 2.25. The Balaban J connectivity index is 2.40. The van der Waals surface area contributed by atoms with Crippen LogP contribution in [0.3, 0.4) is 0 Å². The Bertz CT molecular complexity index is 890. The van der Waals surface area contributed by atoms with Crippen LogP contribution in [0.4, 0.5) is 11.4 Å². The molecule has 26 heavy (non-hydrogen) atoms. The molecule has 5 nitrogen and oxygen atoms in total. The molecular formula is C20H26N2O3S. The van der Waals surface area contributed by atoms with E-state index in [2.05, 4.69) is 5.32 Å². The van der Waals surface area contributed by atoms with E-state index in [4.69, 9.17) is 0 Å². The first-order valence-corrected chi connectivity index (χ1v) is 10.4. The van der Waals surface area contributed by atoms with E-state index in [0.717, 1.165) is 22.9 Å². The highest BCUT2D eigenvalue weighted by atomic mass is 32.2. The van der Waals surface area contributed by atoms with Crippen molar-refractivity contribution < 1.29 is 13.2 Å². The fourth-order valence-corrected chi connectivity index (χ4v) is 4.07. The van der Waals surface area contributed by atoms with Crippen molar-refractivity contribution >= 4 is 27.3 Å². The summed E-state index contributed by atoms with van der Waals surface area (Å²) in [7, 11) is -3.63. The lowest BCUT2D eigenvalue weighted by atomic mass is 10.1. The fraction of sp³-hybridized carbons (Fsp3) is 0.350. The van der Waals surface area contributed by atoms with Crippen LogP contribution in [0.5, 0.6) is 0 Å². The molecule has 0 aliphatic rings. The van der Waals surface area contributed by atoms with Crippen molar-refractivity contribution in [1.29, 1.82) is 0 Å². The molecule has 2 aromatic rings. The Morgan fingerprint density at radius 1 is 1.08 bits per heavy atom. The lowest BCUT2D eigenvalue weighted by Gasteiger charge is -2.30. The minimum atomic E-state index is -3.63. The van der Waals surface area contributed by atoms with Gasteiger partial charge < -0.3 is 5.32 Å². The van der Waals surface area contributed by atoms with E-state index in [0.29, 0.717) is 17.8 Å². The van der Waals surface area contributed by atoms with Crippen molar-refractivity contribution in [2.75, 3.05) is 15.9 Å². The first kappa shape index (κ1) is 20.0. The number of rotatable bonds is 6. The number of carbonyl (C=O) groups is 1. The van der Waals surface area contributed by atoms with Gasteiger partial charge in [0.05, 0.1) is 11.9 Å². The van der Waals surface area contributed by atoms with Gasteiger partial charge in [-0.3, -0.25) is 9.10 Å². The van der Waals surface area contributed by atoms with Crippen LogP contribution in [-0.4, -0.2) is 26.6 Å². The predicted molar refractivity (Wildman–Crippen MR) is 107 cm³/mol. The molecular weight excluding hydrogens is 348 g/mol. The molecule has 1 atom stereocenters. The lowest BCUT2D eigenvalue weighted by molar-refractivity contribution is -0.117. The monoisotopic (exact) mass is 374 g/mol. The van der Waals surface area contributed by atoms with E-state index in [1.54, 1.807) is 19.1 Å². The van der Waals surface area contributed by atoms with Crippen LogP contribution in [0.15, 0.2) is 42.5 Å². The number of sulfonamides is 1. The van der Waals surface area contributed by atoms with Crippen molar-refractivity contribution in [3.05, 3.63) is 59.2 Å². The summed E-state index contributed by atoms with van der Waals surface area (Å²) in [5, 5.41) is 2.89. The fourth-order valence-electron chi connectivity index (χ4n) is 2.85. The van der Waals surface area contributed by atoms with Gasteiger partial charge in [-0.05, 0) is 56.5 Å². The molecule has 0 aliphatic heterocycles. The summed E-state index contributed by atoms with van der Waals surface area (Å²) in [5.41, 5.74) is 4.24. The molecule has 0 radical (unpaired) electrons. The largest absolute Gasteiger partial charge is 0.324 e. The number of aryl methyl sites for hydroxylation is 2. The average Bonchev–Trinajstić information content (AvgIpc) is 2.56. The molecule has 0 saturated carbocycles. The maximum absolute atomic E-state index is 12.9. The summed E-state index contributed by atoms with van der Waals surface area (Å²) in [6.45, 7) is 7.64. The Labute approximate surface area is 156 Å². The van der Waals surface area contributed by atoms with Gasteiger partial charge in [-0.15, -0.1) is 0 Å². The number of hydrogen-bond acceptors (Lipinski definition) is 3. The first-order valence-electron chi connectivity index (χ1n) is 8.58. The third-order valence-corrected chi connectivity index (χ3v) is 5.66. The molecule has 2 rings (SSSR count). The van der Waals surface area contributed by atoms with Crippen LogP contribution < -0.4 is 9.62 Å². The Kier molecular flexibility index (Phi) is 6.08. The maximum atomic E-state index is 12.9. The highest BCUT2D eigenvalue weighted by Gasteiger charge is 2.31. The number of benzene rings is 2. The molecule has 6 heteroatoms. The number of nitrogens with one attached hydrogen (secondary N) is 1. The van der Waals surface area contributed by atoms with Crippen LogP contribution >= 0.6 is 0 Å². The number of amides is 1. The Morgan fingerprint density at radius 2 is 1.69 bits per heavy atom. The summed E-state index contributed by atoms with van der Waals surface area (Å²) < 4.78 is 26.1. The molecule has 1 N–H and O–H groups in total. The molecule has 0 fully saturated rings. The SMILES string of the molecule is CC[C@@H](C(=O)Nc1cccc(C)c1C)N(c1ccc(C)cc1)S(C)(=O)=O. The van der Waals surface area contributed by atoms with Gasteiger partial charge in [-0.25, -0.2) is 8.42 Å². The van der Waals surface area contributed by atoms with Crippen LogP contribution in [0.1, 0.15) is 30.0 Å². The third-order valence-electron chi connectivity index (χ3n) is 4.48. The average molecular weight is 375 g/mol. The summed E-state index contributed by atoms with van der Waals surface area (Å²) in [6, 6.07) is 12.0. The molecule has 140 valence electrons. The van der Waals surface area contributed by atoms with E-state index in [9.17, 15) is 13.2 Å². The van der Waals surface area contributed by atoms with Gasteiger partial charge >= 0.3 is 0 Å². The second-order valence-electron chi connectivity index (χ2n) is 6.56. The zero-order valence-electron chi connectivity index (χ0n) is 15.9. The van der Waals surface area contributed by atoms with E-state index < -0.39 is 16.1 Å². The van der Waals surface area contributed by atoms with Crippen molar-refractivity contribution in [2.24, 2.45) is 0 Å². The summed E-state index contributed by atoms with van der Waals surface area (Å²) in [5.74, 6) is -0.341. The van der Waals surface area contributed by atoms with Crippen LogP contribution in [-0.2, 0) is 14.8 Å². The zero-order valence-corrected chi connectivity index (χ0v) is 16.7. The van der Waals surface area contributed by atoms with Gasteiger partial charge in [0, 0.05) is 5.69 Å². The van der Waals surface area contributed by atoms with E-state index in [1.165, 1.54) is 4.31 Å². The van der Waals surface area contributed by atoms with Gasteiger partial charge in [-0.2, -0.15) is 0 Å². The smallest absolute Gasteiger partial charge is 0.248 e. The highest BCUT2D eigenvalue weighted by molar-refractivity contribution is 7.92. The van der Waals surface area contributed by atoms with E-state index in [-0.39, 0.29) is 5.91 Å². The second kappa shape index (κ2) is 7.91. The van der Waals surface area contributed by atoms with Gasteiger partial charge in [0.2, 0.25) is 15.9 Å². The summed E-state index contributed by atoms with van der Waals surface area (Å²) in [4.78, 5) is 12.9. The zero-order chi connectivity index (χ0) is 19.5. The maximum Gasteiger partial charge on any atom is 0.248 e. The molecule has 0 bridgehead atoms. The van der Waals surface area contributed by atoms with E-state index in [1.807, 2.05) is 51.1 Å². The van der Waals surface area contributed by atoms with E-state index >= 15 is 0 Å².